The first-order valence-electron chi connectivity index (χ1n) is 7.24. The van der Waals surface area contributed by atoms with Crippen molar-refractivity contribution < 1.29 is 23.9 Å². The monoisotopic (exact) mass is 330 g/mol. The van der Waals surface area contributed by atoms with Crippen molar-refractivity contribution in [1.82, 2.24) is 19.8 Å². The first-order chi connectivity index (χ1) is 11.6. The Bertz CT molecular complexity index is 766. The summed E-state index contributed by atoms with van der Waals surface area (Å²) in [4.78, 5) is 46.4. The van der Waals surface area contributed by atoms with E-state index in [0.717, 1.165) is 0 Å². The first-order valence-corrected chi connectivity index (χ1v) is 7.24. The molecular formula is C15H14N4O5. The van der Waals surface area contributed by atoms with Gasteiger partial charge >= 0.3 is 5.97 Å². The molecule has 9 nitrogen and oxygen atoms in total. The molecule has 2 aromatic rings. The molecule has 3 heterocycles. The van der Waals surface area contributed by atoms with Gasteiger partial charge in [-0.3, -0.25) is 9.59 Å². The molecule has 2 amide bonds. The zero-order valence-corrected chi connectivity index (χ0v) is 12.6. The number of carboxylic acid groups (broad SMARTS) is 1. The number of aromatic carboxylic acids is 1. The van der Waals surface area contributed by atoms with Crippen LogP contribution >= 0.6 is 0 Å². The SMILES string of the molecule is O=C(O)c1nccnc1C(=O)N1CCN(C(=O)c2ccco2)CC1. The molecule has 1 N–H and O–H groups in total. The van der Waals surface area contributed by atoms with Crippen LogP contribution in [-0.2, 0) is 0 Å². The van der Waals surface area contributed by atoms with E-state index in [-0.39, 0.29) is 36.1 Å². The van der Waals surface area contributed by atoms with Crippen molar-refractivity contribution in [2.45, 2.75) is 0 Å². The van der Waals surface area contributed by atoms with Gasteiger partial charge in [-0.05, 0) is 12.1 Å². The lowest BCUT2D eigenvalue weighted by atomic mass is 10.2. The van der Waals surface area contributed by atoms with E-state index >= 15 is 0 Å². The minimum atomic E-state index is -1.31. The number of piperazine rings is 1. The van der Waals surface area contributed by atoms with E-state index in [2.05, 4.69) is 9.97 Å². The minimum absolute atomic E-state index is 0.198. The summed E-state index contributed by atoms with van der Waals surface area (Å²) in [6.07, 6.45) is 3.92. The summed E-state index contributed by atoms with van der Waals surface area (Å²) in [6, 6.07) is 3.22. The van der Waals surface area contributed by atoms with Crippen LogP contribution < -0.4 is 0 Å². The molecule has 24 heavy (non-hydrogen) atoms. The van der Waals surface area contributed by atoms with Crippen LogP contribution in [0.2, 0.25) is 0 Å². The van der Waals surface area contributed by atoms with Crippen LogP contribution in [0, 0.1) is 0 Å². The van der Waals surface area contributed by atoms with Crippen molar-refractivity contribution >= 4 is 17.8 Å². The van der Waals surface area contributed by atoms with Crippen LogP contribution in [0.5, 0.6) is 0 Å². The van der Waals surface area contributed by atoms with E-state index in [1.165, 1.54) is 23.6 Å². The van der Waals surface area contributed by atoms with Crippen LogP contribution in [0.4, 0.5) is 0 Å². The lowest BCUT2D eigenvalue weighted by molar-refractivity contribution is 0.0511. The van der Waals surface area contributed by atoms with Crippen LogP contribution in [0.15, 0.2) is 35.2 Å². The summed E-state index contributed by atoms with van der Waals surface area (Å²) in [5.41, 5.74) is -0.576. The maximum absolute atomic E-state index is 12.5. The Kier molecular flexibility index (Phi) is 4.23. The van der Waals surface area contributed by atoms with Crippen LogP contribution in [0.1, 0.15) is 31.5 Å². The topological polar surface area (TPSA) is 117 Å². The lowest BCUT2D eigenvalue weighted by Gasteiger charge is -2.34. The average Bonchev–Trinajstić information content (AvgIpc) is 3.15. The smallest absolute Gasteiger partial charge is 0.356 e. The van der Waals surface area contributed by atoms with Gasteiger partial charge in [-0.15, -0.1) is 0 Å². The number of nitrogens with zero attached hydrogens (tertiary/aromatic N) is 4. The molecule has 0 aromatic carbocycles. The van der Waals surface area contributed by atoms with E-state index in [1.807, 2.05) is 0 Å². The van der Waals surface area contributed by atoms with Crippen molar-refractivity contribution in [2.24, 2.45) is 0 Å². The Morgan fingerprint density at radius 3 is 2.08 bits per heavy atom. The van der Waals surface area contributed by atoms with E-state index in [4.69, 9.17) is 9.52 Å². The fourth-order valence-electron chi connectivity index (χ4n) is 2.47. The first kappa shape index (κ1) is 15.7. The van der Waals surface area contributed by atoms with Crippen molar-refractivity contribution in [3.8, 4) is 0 Å². The van der Waals surface area contributed by atoms with Crippen LogP contribution in [0.25, 0.3) is 0 Å². The number of aromatic nitrogens is 2. The predicted molar refractivity (Wildman–Crippen MR) is 79.5 cm³/mol. The van der Waals surface area contributed by atoms with Crippen molar-refractivity contribution in [3.63, 3.8) is 0 Å². The number of carbonyl (C=O) groups is 3. The highest BCUT2D eigenvalue weighted by molar-refractivity contribution is 6.02. The average molecular weight is 330 g/mol. The van der Waals surface area contributed by atoms with E-state index in [9.17, 15) is 14.4 Å². The van der Waals surface area contributed by atoms with E-state index in [0.29, 0.717) is 13.1 Å². The number of carboxylic acids is 1. The third-order valence-electron chi connectivity index (χ3n) is 3.69. The highest BCUT2D eigenvalue weighted by Gasteiger charge is 2.29. The quantitative estimate of drug-likeness (QED) is 0.863. The Balaban J connectivity index is 1.68. The number of carbonyl (C=O) groups excluding carboxylic acids is 2. The summed E-state index contributed by atoms with van der Waals surface area (Å²) in [7, 11) is 0. The molecule has 0 atom stereocenters. The van der Waals surface area contributed by atoms with Gasteiger partial charge in [0.1, 0.15) is 0 Å². The fourth-order valence-corrected chi connectivity index (χ4v) is 2.47. The van der Waals surface area contributed by atoms with Crippen molar-refractivity contribution in [3.05, 3.63) is 47.9 Å². The Labute approximate surface area is 136 Å². The van der Waals surface area contributed by atoms with Gasteiger partial charge in [-0.25, -0.2) is 14.8 Å². The number of amides is 2. The molecule has 3 rings (SSSR count). The van der Waals surface area contributed by atoms with Gasteiger partial charge in [0.25, 0.3) is 11.8 Å². The molecule has 1 saturated heterocycles. The molecule has 1 fully saturated rings. The fraction of sp³-hybridized carbons (Fsp3) is 0.267. The van der Waals surface area contributed by atoms with Gasteiger partial charge in [0.05, 0.1) is 6.26 Å². The number of furan rings is 1. The molecule has 0 spiro atoms. The Morgan fingerprint density at radius 2 is 1.54 bits per heavy atom. The number of hydrogen-bond donors (Lipinski definition) is 1. The summed E-state index contributed by atoms with van der Waals surface area (Å²) >= 11 is 0. The molecule has 1 aliphatic heterocycles. The highest BCUT2D eigenvalue weighted by Crippen LogP contribution is 2.12. The third kappa shape index (κ3) is 2.96. The van der Waals surface area contributed by atoms with Gasteiger partial charge in [-0.2, -0.15) is 0 Å². The highest BCUT2D eigenvalue weighted by atomic mass is 16.4. The second-order valence-corrected chi connectivity index (χ2v) is 5.12. The molecule has 9 heteroatoms. The molecule has 0 saturated carbocycles. The molecule has 2 aromatic heterocycles. The van der Waals surface area contributed by atoms with Crippen molar-refractivity contribution in [2.75, 3.05) is 26.2 Å². The summed E-state index contributed by atoms with van der Waals surface area (Å²) in [6.45, 7) is 1.21. The largest absolute Gasteiger partial charge is 0.476 e. The number of hydrogen-bond acceptors (Lipinski definition) is 6. The van der Waals surface area contributed by atoms with E-state index in [1.54, 1.807) is 17.0 Å². The molecule has 0 radical (unpaired) electrons. The predicted octanol–water partition coefficient (Wildman–Crippen LogP) is 0.366. The van der Waals surface area contributed by atoms with Crippen LogP contribution in [0.3, 0.4) is 0 Å². The maximum atomic E-state index is 12.5. The number of rotatable bonds is 3. The van der Waals surface area contributed by atoms with Gasteiger partial charge in [-0.1, -0.05) is 0 Å². The molecular weight excluding hydrogens is 316 g/mol. The van der Waals surface area contributed by atoms with Crippen molar-refractivity contribution in [1.29, 1.82) is 0 Å². The maximum Gasteiger partial charge on any atom is 0.356 e. The molecule has 0 bridgehead atoms. The summed E-state index contributed by atoms with van der Waals surface area (Å²) < 4.78 is 5.08. The normalized spacial score (nSPS) is 14.5. The van der Waals surface area contributed by atoms with E-state index < -0.39 is 11.9 Å². The minimum Gasteiger partial charge on any atom is -0.476 e. The second kappa shape index (κ2) is 6.49. The second-order valence-electron chi connectivity index (χ2n) is 5.12. The molecule has 0 unspecified atom stereocenters. The Hall–Kier alpha value is -3.23. The van der Waals surface area contributed by atoms with Gasteiger partial charge < -0.3 is 19.3 Å². The lowest BCUT2D eigenvalue weighted by Crippen LogP contribution is -2.51. The zero-order chi connectivity index (χ0) is 17.1. The Morgan fingerprint density at radius 1 is 0.958 bits per heavy atom. The zero-order valence-electron chi connectivity index (χ0n) is 12.6. The van der Waals surface area contributed by atoms with Crippen LogP contribution in [-0.4, -0.2) is 68.8 Å². The molecule has 1 aliphatic rings. The van der Waals surface area contributed by atoms with Gasteiger partial charge in [0, 0.05) is 38.6 Å². The van der Waals surface area contributed by atoms with Gasteiger partial charge in [0.15, 0.2) is 17.1 Å². The standard InChI is InChI=1S/C15H14N4O5/c20-13(10-2-1-9-24-10)18-5-7-19(8-6-18)14(21)11-12(15(22)23)17-4-3-16-11/h1-4,9H,5-8H2,(H,22,23). The third-order valence-corrected chi connectivity index (χ3v) is 3.69. The summed E-state index contributed by atoms with van der Waals surface area (Å²) in [5.74, 6) is -1.81. The molecule has 0 aliphatic carbocycles. The summed E-state index contributed by atoms with van der Waals surface area (Å²) in [5, 5.41) is 9.10. The molecule has 124 valence electrons. The van der Waals surface area contributed by atoms with Gasteiger partial charge in [0.2, 0.25) is 0 Å².